The molecule has 0 spiro atoms. The number of carbonyl (C=O) groups is 1. The molecule has 0 bridgehead atoms. The second kappa shape index (κ2) is 8.38. The molecule has 0 atom stereocenters. The molecule has 1 fully saturated rings. The fraction of sp³-hybridized carbons (Fsp3) is 0.250. The molecule has 5 rings (SSSR count). The van der Waals surface area contributed by atoms with Crippen LogP contribution in [0.15, 0.2) is 68.7 Å². The summed E-state index contributed by atoms with van der Waals surface area (Å²) in [6.45, 7) is 3.96. The Morgan fingerprint density at radius 3 is 2.67 bits per heavy atom. The maximum Gasteiger partial charge on any atom is 0.265 e. The molecule has 0 radical (unpaired) electrons. The van der Waals surface area contributed by atoms with E-state index in [0.29, 0.717) is 5.56 Å². The number of amides is 1. The average Bonchev–Trinajstić information content (AvgIpc) is 3.12. The molecule has 3 aromatic rings. The quantitative estimate of drug-likeness (QED) is 0.443. The summed E-state index contributed by atoms with van der Waals surface area (Å²) in [6.07, 6.45) is 3.50. The zero-order valence-corrected chi connectivity index (χ0v) is 18.5. The van der Waals surface area contributed by atoms with Crippen molar-refractivity contribution in [1.29, 1.82) is 0 Å². The number of thiophene rings is 1. The normalized spacial score (nSPS) is 16.2. The first-order chi connectivity index (χ1) is 14.7. The Balaban J connectivity index is 1.54. The van der Waals surface area contributed by atoms with E-state index in [1.807, 2.05) is 23.2 Å². The van der Waals surface area contributed by atoms with E-state index in [9.17, 15) is 4.79 Å². The maximum absolute atomic E-state index is 12.9. The molecule has 3 heterocycles. The Hall–Kier alpha value is -2.41. The molecule has 1 N–H and O–H groups in total. The zero-order valence-electron chi connectivity index (χ0n) is 16.9. The van der Waals surface area contributed by atoms with E-state index in [2.05, 4.69) is 48.1 Å². The van der Waals surface area contributed by atoms with Crippen LogP contribution in [0.4, 0.5) is 5.69 Å². The second-order valence-electron chi connectivity index (χ2n) is 7.66. The van der Waals surface area contributed by atoms with Crippen molar-refractivity contribution < 1.29 is 4.79 Å². The van der Waals surface area contributed by atoms with Crippen LogP contribution in [0.25, 0.3) is 0 Å². The summed E-state index contributed by atoms with van der Waals surface area (Å²) in [6, 6.07) is 16.4. The van der Waals surface area contributed by atoms with Gasteiger partial charge in [-0.3, -0.25) is 10.2 Å². The van der Waals surface area contributed by atoms with Gasteiger partial charge in [-0.2, -0.15) is 0 Å². The SMILES string of the molecule is Cc1ccsc1C1=Nc2cc(C(=O)NN3CCCCC3)ccc2Sc2ccccc21. The molecule has 2 aromatic carbocycles. The van der Waals surface area contributed by atoms with Crippen LogP contribution in [0.5, 0.6) is 0 Å². The van der Waals surface area contributed by atoms with Gasteiger partial charge in [0.25, 0.3) is 5.91 Å². The lowest BCUT2D eigenvalue weighted by molar-refractivity contribution is 0.0750. The van der Waals surface area contributed by atoms with Gasteiger partial charge in [-0.05, 0) is 61.0 Å². The van der Waals surface area contributed by atoms with Crippen LogP contribution >= 0.6 is 23.1 Å². The number of hydrazine groups is 1. The third-order valence-electron chi connectivity index (χ3n) is 5.51. The van der Waals surface area contributed by atoms with Gasteiger partial charge in [-0.15, -0.1) is 11.3 Å². The van der Waals surface area contributed by atoms with Crippen molar-refractivity contribution in [2.75, 3.05) is 13.1 Å². The van der Waals surface area contributed by atoms with Crippen molar-refractivity contribution in [2.24, 2.45) is 4.99 Å². The van der Waals surface area contributed by atoms with Gasteiger partial charge in [-0.1, -0.05) is 36.4 Å². The number of carbonyl (C=O) groups excluding carboxylic acids is 1. The fourth-order valence-electron chi connectivity index (χ4n) is 3.88. The summed E-state index contributed by atoms with van der Waals surface area (Å²) in [5.74, 6) is -0.0597. The van der Waals surface area contributed by atoms with Gasteiger partial charge >= 0.3 is 0 Å². The van der Waals surface area contributed by atoms with Gasteiger partial charge in [0.05, 0.1) is 16.3 Å². The third-order valence-corrected chi connectivity index (χ3v) is 7.67. The fourth-order valence-corrected chi connectivity index (χ4v) is 5.82. The first-order valence-electron chi connectivity index (χ1n) is 10.3. The minimum absolute atomic E-state index is 0.0597. The van der Waals surface area contributed by atoms with Crippen molar-refractivity contribution in [2.45, 2.75) is 36.0 Å². The van der Waals surface area contributed by atoms with Gasteiger partial charge < -0.3 is 0 Å². The van der Waals surface area contributed by atoms with Crippen LogP contribution in [0.3, 0.4) is 0 Å². The van der Waals surface area contributed by atoms with Crippen molar-refractivity contribution >= 4 is 40.4 Å². The lowest BCUT2D eigenvalue weighted by Crippen LogP contribution is -2.45. The van der Waals surface area contributed by atoms with E-state index in [4.69, 9.17) is 4.99 Å². The summed E-state index contributed by atoms with van der Waals surface area (Å²) < 4.78 is 0. The molecule has 0 aliphatic carbocycles. The molecule has 152 valence electrons. The molecular weight excluding hydrogens is 410 g/mol. The minimum Gasteiger partial charge on any atom is -0.285 e. The maximum atomic E-state index is 12.9. The summed E-state index contributed by atoms with van der Waals surface area (Å²) in [4.78, 5) is 21.4. The zero-order chi connectivity index (χ0) is 20.5. The smallest absolute Gasteiger partial charge is 0.265 e. The molecule has 0 saturated carbocycles. The van der Waals surface area contributed by atoms with E-state index < -0.39 is 0 Å². The lowest BCUT2D eigenvalue weighted by Gasteiger charge is -2.26. The average molecular weight is 434 g/mol. The molecule has 6 heteroatoms. The first kappa shape index (κ1) is 19.5. The predicted molar refractivity (Wildman–Crippen MR) is 124 cm³/mol. The molecule has 2 aliphatic rings. The number of aliphatic imine (C=N–C) groups is 1. The van der Waals surface area contributed by atoms with Crippen LogP contribution in [-0.2, 0) is 0 Å². The molecule has 2 aliphatic heterocycles. The van der Waals surface area contributed by atoms with E-state index in [1.54, 1.807) is 23.1 Å². The summed E-state index contributed by atoms with van der Waals surface area (Å²) in [5.41, 5.74) is 7.92. The van der Waals surface area contributed by atoms with Gasteiger partial charge in [0.1, 0.15) is 0 Å². The van der Waals surface area contributed by atoms with E-state index in [0.717, 1.165) is 47.8 Å². The molecule has 4 nitrogen and oxygen atoms in total. The van der Waals surface area contributed by atoms with E-state index in [1.165, 1.54) is 21.8 Å². The van der Waals surface area contributed by atoms with Gasteiger partial charge in [-0.25, -0.2) is 10.0 Å². The summed E-state index contributed by atoms with van der Waals surface area (Å²) in [7, 11) is 0. The molecule has 1 amide bonds. The Bertz CT molecular complexity index is 1130. The van der Waals surface area contributed by atoms with Gasteiger partial charge in [0, 0.05) is 34.0 Å². The highest BCUT2D eigenvalue weighted by Gasteiger charge is 2.22. The first-order valence-corrected chi connectivity index (χ1v) is 12.0. The Labute approximate surface area is 185 Å². The van der Waals surface area contributed by atoms with Crippen molar-refractivity contribution in [3.63, 3.8) is 0 Å². The summed E-state index contributed by atoms with van der Waals surface area (Å²) in [5, 5.41) is 4.14. The number of fused-ring (bicyclic) bond motifs is 2. The van der Waals surface area contributed by atoms with Crippen LogP contribution in [0.1, 0.15) is 45.6 Å². The Morgan fingerprint density at radius 2 is 1.87 bits per heavy atom. The summed E-state index contributed by atoms with van der Waals surface area (Å²) >= 11 is 3.43. The highest BCUT2D eigenvalue weighted by Crippen LogP contribution is 2.42. The number of hydrogen-bond donors (Lipinski definition) is 1. The number of benzene rings is 2. The minimum atomic E-state index is -0.0597. The second-order valence-corrected chi connectivity index (χ2v) is 9.66. The molecule has 1 aromatic heterocycles. The number of nitrogens with zero attached hydrogens (tertiary/aromatic N) is 2. The standard InChI is InChI=1S/C24H23N3OS2/c1-16-11-14-29-23(16)22-18-7-3-4-8-20(18)30-21-10-9-17(15-19(21)25-22)24(28)26-27-12-5-2-6-13-27/h3-4,7-11,14-15H,2,5-6,12-13H2,1H3,(H,26,28). The number of hydrogen-bond acceptors (Lipinski definition) is 5. The number of nitrogens with one attached hydrogen (secondary N) is 1. The Kier molecular flexibility index (Phi) is 5.46. The van der Waals surface area contributed by atoms with Gasteiger partial charge in [0.15, 0.2) is 0 Å². The Morgan fingerprint density at radius 1 is 1.03 bits per heavy atom. The number of piperidine rings is 1. The van der Waals surface area contributed by atoms with E-state index in [-0.39, 0.29) is 5.91 Å². The topological polar surface area (TPSA) is 44.7 Å². The van der Waals surface area contributed by atoms with Crippen molar-refractivity contribution in [3.8, 4) is 0 Å². The third kappa shape index (κ3) is 3.83. The van der Waals surface area contributed by atoms with E-state index >= 15 is 0 Å². The van der Waals surface area contributed by atoms with Crippen LogP contribution in [0, 0.1) is 6.92 Å². The number of rotatable bonds is 3. The highest BCUT2D eigenvalue weighted by molar-refractivity contribution is 7.99. The molecule has 1 saturated heterocycles. The largest absolute Gasteiger partial charge is 0.285 e. The number of aryl methyl sites for hydroxylation is 1. The molecular formula is C24H23N3OS2. The molecule has 30 heavy (non-hydrogen) atoms. The lowest BCUT2D eigenvalue weighted by atomic mass is 10.1. The van der Waals surface area contributed by atoms with Crippen LogP contribution in [0.2, 0.25) is 0 Å². The highest BCUT2D eigenvalue weighted by atomic mass is 32.2. The van der Waals surface area contributed by atoms with Crippen LogP contribution < -0.4 is 5.43 Å². The van der Waals surface area contributed by atoms with Crippen molar-refractivity contribution in [1.82, 2.24) is 10.4 Å². The van der Waals surface area contributed by atoms with Gasteiger partial charge in [0.2, 0.25) is 0 Å². The predicted octanol–water partition coefficient (Wildman–Crippen LogP) is 5.82. The van der Waals surface area contributed by atoms with Crippen molar-refractivity contribution in [3.05, 3.63) is 75.5 Å². The molecule has 0 unspecified atom stereocenters. The monoisotopic (exact) mass is 433 g/mol. The van der Waals surface area contributed by atoms with Crippen LogP contribution in [-0.4, -0.2) is 29.7 Å².